The molecule has 1 aliphatic rings. The molecule has 1 atom stereocenters. The maximum atomic E-state index is 13.8. The number of rotatable bonds is 4. The number of hydrazone groups is 1. The van der Waals surface area contributed by atoms with Gasteiger partial charge in [-0.2, -0.15) is 5.10 Å². The largest absolute Gasteiger partial charge is 0.357 e. The minimum atomic E-state index is -0.250. The first-order valence-electron chi connectivity index (χ1n) is 8.68. The van der Waals surface area contributed by atoms with E-state index in [1.54, 1.807) is 23.5 Å². The number of hydrogen-bond donors (Lipinski definition) is 1. The molecule has 136 valence electrons. The van der Waals surface area contributed by atoms with E-state index in [9.17, 15) is 4.39 Å². The molecule has 3 aromatic rings. The zero-order valence-corrected chi connectivity index (χ0v) is 16.1. The van der Waals surface area contributed by atoms with Gasteiger partial charge in [-0.15, -0.1) is 11.3 Å². The lowest BCUT2D eigenvalue weighted by Gasteiger charge is -2.25. The molecule has 27 heavy (non-hydrogen) atoms. The Morgan fingerprint density at radius 2 is 2.00 bits per heavy atom. The number of nitrogens with zero attached hydrogens (tertiary/aromatic N) is 2. The second-order valence-corrected chi connectivity index (χ2v) is 7.62. The van der Waals surface area contributed by atoms with Gasteiger partial charge >= 0.3 is 0 Å². The number of hydrogen-bond acceptors (Lipinski definition) is 3. The molecule has 0 spiro atoms. The van der Waals surface area contributed by atoms with Crippen molar-refractivity contribution < 1.29 is 4.39 Å². The third kappa shape index (κ3) is 4.07. The molecular weight excluding hydrogens is 377 g/mol. The molecule has 2 heterocycles. The fourth-order valence-corrected chi connectivity index (χ4v) is 4.08. The van der Waals surface area contributed by atoms with Crippen LogP contribution in [0.1, 0.15) is 28.5 Å². The second kappa shape index (κ2) is 7.98. The molecule has 0 saturated heterocycles. The van der Waals surface area contributed by atoms with Gasteiger partial charge in [-0.05, 0) is 46.9 Å². The Labute approximate surface area is 167 Å². The summed E-state index contributed by atoms with van der Waals surface area (Å²) in [5, 5.41) is 12.4. The molecule has 0 bridgehead atoms. The van der Waals surface area contributed by atoms with E-state index >= 15 is 0 Å². The van der Waals surface area contributed by atoms with Gasteiger partial charge in [0.1, 0.15) is 5.82 Å². The average Bonchev–Trinajstić information content (AvgIpc) is 3.36. The van der Waals surface area contributed by atoms with Crippen LogP contribution in [0, 0.1) is 5.82 Å². The quantitative estimate of drug-likeness (QED) is 0.622. The van der Waals surface area contributed by atoms with Crippen molar-refractivity contribution in [1.29, 1.82) is 0 Å². The van der Waals surface area contributed by atoms with Crippen molar-refractivity contribution in [3.8, 4) is 0 Å². The Morgan fingerprint density at radius 1 is 1.15 bits per heavy atom. The topological polar surface area (TPSA) is 27.6 Å². The van der Waals surface area contributed by atoms with Crippen molar-refractivity contribution in [2.24, 2.45) is 5.10 Å². The van der Waals surface area contributed by atoms with Crippen LogP contribution in [0.25, 0.3) is 0 Å². The summed E-state index contributed by atoms with van der Waals surface area (Å²) in [7, 11) is 0. The van der Waals surface area contributed by atoms with Gasteiger partial charge in [0.25, 0.3) is 0 Å². The summed E-state index contributed by atoms with van der Waals surface area (Å²) in [4.78, 5) is 1.12. The first-order valence-corrected chi connectivity index (χ1v) is 9.97. The second-order valence-electron chi connectivity index (χ2n) is 6.29. The molecule has 6 heteroatoms. The zero-order chi connectivity index (χ0) is 18.6. The van der Waals surface area contributed by atoms with E-state index in [-0.39, 0.29) is 11.9 Å². The molecule has 1 N–H and O–H groups in total. The van der Waals surface area contributed by atoms with Crippen molar-refractivity contribution in [1.82, 2.24) is 10.3 Å². The van der Waals surface area contributed by atoms with Crippen molar-refractivity contribution in [3.05, 3.63) is 93.9 Å². The maximum Gasteiger partial charge on any atom is 0.190 e. The summed E-state index contributed by atoms with van der Waals surface area (Å²) < 4.78 is 13.8. The normalized spacial score (nSPS) is 16.3. The standard InChI is InChI=1S/C21H18FN3S2/c22-17-9-4-8-16(12-17)19-13-18(20-10-5-11-27-20)24-25(19)21(26)23-14-15-6-2-1-3-7-15/h1-12,19H,13-14H2,(H,23,26)/t19-/m1/s1. The van der Waals surface area contributed by atoms with Crippen LogP contribution in [-0.4, -0.2) is 15.8 Å². The van der Waals surface area contributed by atoms with Gasteiger partial charge in [0.2, 0.25) is 0 Å². The van der Waals surface area contributed by atoms with Crippen molar-refractivity contribution in [2.75, 3.05) is 0 Å². The number of thiophene rings is 1. The minimum absolute atomic E-state index is 0.117. The van der Waals surface area contributed by atoms with Crippen LogP contribution in [0.3, 0.4) is 0 Å². The highest BCUT2D eigenvalue weighted by Crippen LogP contribution is 2.34. The molecule has 1 aliphatic heterocycles. The van der Waals surface area contributed by atoms with Crippen LogP contribution >= 0.6 is 23.6 Å². The van der Waals surface area contributed by atoms with E-state index in [0.29, 0.717) is 18.1 Å². The van der Waals surface area contributed by atoms with Crippen LogP contribution in [0.4, 0.5) is 4.39 Å². The average molecular weight is 396 g/mol. The number of thiocarbonyl (C=S) groups is 1. The summed E-state index contributed by atoms with van der Waals surface area (Å²) in [6, 6.07) is 20.7. The van der Waals surface area contributed by atoms with E-state index < -0.39 is 0 Å². The Bertz CT molecular complexity index is 955. The minimum Gasteiger partial charge on any atom is -0.357 e. The first-order chi connectivity index (χ1) is 13.2. The molecule has 0 fully saturated rings. The Hall–Kier alpha value is -2.57. The first kappa shape index (κ1) is 17.8. The molecule has 1 aromatic heterocycles. The Kier molecular flexibility index (Phi) is 5.27. The monoisotopic (exact) mass is 395 g/mol. The highest BCUT2D eigenvalue weighted by molar-refractivity contribution is 7.80. The summed E-state index contributed by atoms with van der Waals surface area (Å²) in [6.45, 7) is 0.621. The molecule has 0 amide bonds. The van der Waals surface area contributed by atoms with Crippen molar-refractivity contribution in [2.45, 2.75) is 19.0 Å². The van der Waals surface area contributed by atoms with Crippen molar-refractivity contribution in [3.63, 3.8) is 0 Å². The van der Waals surface area contributed by atoms with E-state index in [1.165, 1.54) is 6.07 Å². The molecule has 0 unspecified atom stereocenters. The predicted octanol–water partition coefficient (Wildman–Crippen LogP) is 5.11. The van der Waals surface area contributed by atoms with Crippen LogP contribution in [0.2, 0.25) is 0 Å². The highest BCUT2D eigenvalue weighted by Gasteiger charge is 2.31. The fourth-order valence-electron chi connectivity index (χ4n) is 3.12. The van der Waals surface area contributed by atoms with Crippen LogP contribution in [-0.2, 0) is 6.54 Å². The van der Waals surface area contributed by atoms with Crippen LogP contribution in [0.5, 0.6) is 0 Å². The fraction of sp³-hybridized carbons (Fsp3) is 0.143. The SMILES string of the molecule is Fc1cccc([C@H]2CC(c3cccs3)=NN2C(=S)NCc2ccccc2)c1. The number of nitrogens with one attached hydrogen (secondary N) is 1. The molecule has 0 aliphatic carbocycles. The van der Waals surface area contributed by atoms with Gasteiger partial charge in [-0.25, -0.2) is 9.40 Å². The predicted molar refractivity (Wildman–Crippen MR) is 112 cm³/mol. The number of benzene rings is 2. The summed E-state index contributed by atoms with van der Waals surface area (Å²) in [5.74, 6) is -0.250. The van der Waals surface area contributed by atoms with E-state index in [4.69, 9.17) is 17.3 Å². The van der Waals surface area contributed by atoms with E-state index in [0.717, 1.165) is 21.7 Å². The molecular formula is C21H18FN3S2. The summed E-state index contributed by atoms with van der Waals surface area (Å²) in [5.41, 5.74) is 2.99. The third-order valence-corrected chi connectivity index (χ3v) is 5.69. The molecule has 2 aromatic carbocycles. The Morgan fingerprint density at radius 3 is 2.74 bits per heavy atom. The third-order valence-electron chi connectivity index (χ3n) is 4.44. The van der Waals surface area contributed by atoms with Gasteiger partial charge in [0, 0.05) is 13.0 Å². The lowest BCUT2D eigenvalue weighted by Crippen LogP contribution is -2.36. The lowest BCUT2D eigenvalue weighted by atomic mass is 10.0. The zero-order valence-electron chi connectivity index (χ0n) is 14.5. The van der Waals surface area contributed by atoms with Crippen LogP contribution in [0.15, 0.2) is 77.2 Å². The van der Waals surface area contributed by atoms with Gasteiger partial charge in [0.15, 0.2) is 5.11 Å². The molecule has 0 radical (unpaired) electrons. The van der Waals surface area contributed by atoms with Crippen LogP contribution < -0.4 is 5.32 Å². The maximum absolute atomic E-state index is 13.8. The molecule has 4 rings (SSSR count). The summed E-state index contributed by atoms with van der Waals surface area (Å²) in [6.07, 6.45) is 0.692. The molecule has 0 saturated carbocycles. The summed E-state index contributed by atoms with van der Waals surface area (Å²) >= 11 is 7.27. The smallest absolute Gasteiger partial charge is 0.190 e. The molecule has 3 nitrogen and oxygen atoms in total. The van der Waals surface area contributed by atoms with E-state index in [1.807, 2.05) is 52.9 Å². The highest BCUT2D eigenvalue weighted by atomic mass is 32.1. The van der Waals surface area contributed by atoms with Crippen molar-refractivity contribution >= 4 is 34.4 Å². The van der Waals surface area contributed by atoms with E-state index in [2.05, 4.69) is 11.4 Å². The number of halogens is 1. The van der Waals surface area contributed by atoms with Gasteiger partial charge in [-0.3, -0.25) is 0 Å². The van der Waals surface area contributed by atoms with Gasteiger partial charge in [0.05, 0.1) is 16.6 Å². The Balaban J connectivity index is 1.57. The van der Waals surface area contributed by atoms with Gasteiger partial charge in [-0.1, -0.05) is 48.5 Å². The van der Waals surface area contributed by atoms with Gasteiger partial charge < -0.3 is 5.32 Å². The lowest BCUT2D eigenvalue weighted by molar-refractivity contribution is 0.362.